The summed E-state index contributed by atoms with van der Waals surface area (Å²) in [6.45, 7) is 4.16. The Labute approximate surface area is 147 Å². The highest BCUT2D eigenvalue weighted by atomic mass is 16.5. The van der Waals surface area contributed by atoms with Crippen molar-refractivity contribution in [2.24, 2.45) is 0 Å². The van der Waals surface area contributed by atoms with E-state index in [9.17, 15) is 4.79 Å². The van der Waals surface area contributed by atoms with E-state index in [2.05, 4.69) is 45.4 Å². The van der Waals surface area contributed by atoms with Crippen molar-refractivity contribution in [1.82, 2.24) is 20.0 Å². The number of likely N-dealkylation sites (tertiary alicyclic amines) is 1. The second kappa shape index (κ2) is 7.37. The Hall–Kier alpha value is -2.18. The van der Waals surface area contributed by atoms with Crippen LogP contribution in [0, 0.1) is 0 Å². The minimum absolute atomic E-state index is 0.0420. The molecule has 1 aromatic heterocycles. The molecule has 0 atom stereocenters. The molecule has 3 heterocycles. The van der Waals surface area contributed by atoms with Gasteiger partial charge in [-0.2, -0.15) is 5.10 Å². The lowest BCUT2D eigenvalue weighted by atomic mass is 9.98. The van der Waals surface area contributed by atoms with Crippen molar-refractivity contribution in [3.05, 3.63) is 53.9 Å². The van der Waals surface area contributed by atoms with E-state index >= 15 is 0 Å². The maximum Gasteiger partial charge on any atom is 0.271 e. The van der Waals surface area contributed by atoms with Gasteiger partial charge in [0, 0.05) is 51.1 Å². The molecule has 0 bridgehead atoms. The minimum Gasteiger partial charge on any atom is -0.381 e. The van der Waals surface area contributed by atoms with Gasteiger partial charge in [-0.05, 0) is 24.5 Å². The second-order valence-corrected chi connectivity index (χ2v) is 6.84. The van der Waals surface area contributed by atoms with E-state index in [-0.39, 0.29) is 5.91 Å². The molecule has 0 aliphatic carbocycles. The predicted molar refractivity (Wildman–Crippen MR) is 94.1 cm³/mol. The van der Waals surface area contributed by atoms with Crippen LogP contribution in [0.5, 0.6) is 0 Å². The molecule has 132 valence electrons. The topological polar surface area (TPSA) is 61.5 Å². The van der Waals surface area contributed by atoms with Crippen LogP contribution < -0.4 is 0 Å². The van der Waals surface area contributed by atoms with Gasteiger partial charge in [0.15, 0.2) is 0 Å². The third-order valence-corrected chi connectivity index (χ3v) is 5.22. The smallest absolute Gasteiger partial charge is 0.271 e. The lowest BCUT2D eigenvalue weighted by Gasteiger charge is -2.49. The van der Waals surface area contributed by atoms with Crippen LogP contribution in [0.2, 0.25) is 0 Å². The number of hydrogen-bond acceptors (Lipinski definition) is 4. The first-order valence-electron chi connectivity index (χ1n) is 8.97. The standard InChI is InChI=1S/C19H24N4O2/c24-19(18-6-9-20-21-18)22-13-17(14-22)23(16-7-10-25-11-8-16)12-15-4-2-1-3-5-15/h1-6,9,16-17H,7-8,10-14H2,(H,20,21). The molecule has 6 heteroatoms. The summed E-state index contributed by atoms with van der Waals surface area (Å²) < 4.78 is 5.54. The van der Waals surface area contributed by atoms with Gasteiger partial charge in [0.1, 0.15) is 5.69 Å². The van der Waals surface area contributed by atoms with Crippen molar-refractivity contribution >= 4 is 5.91 Å². The highest BCUT2D eigenvalue weighted by Crippen LogP contribution is 2.26. The maximum absolute atomic E-state index is 12.4. The van der Waals surface area contributed by atoms with Gasteiger partial charge in [-0.25, -0.2) is 0 Å². The number of ether oxygens (including phenoxy) is 1. The zero-order valence-corrected chi connectivity index (χ0v) is 14.3. The summed E-state index contributed by atoms with van der Waals surface area (Å²) in [5.74, 6) is 0.0420. The number of carbonyl (C=O) groups excluding carboxylic acids is 1. The quantitative estimate of drug-likeness (QED) is 0.903. The van der Waals surface area contributed by atoms with E-state index in [4.69, 9.17) is 4.74 Å². The summed E-state index contributed by atoms with van der Waals surface area (Å²) in [5.41, 5.74) is 1.89. The van der Waals surface area contributed by atoms with Crippen molar-refractivity contribution in [3.63, 3.8) is 0 Å². The van der Waals surface area contributed by atoms with Crippen molar-refractivity contribution < 1.29 is 9.53 Å². The molecule has 1 aromatic carbocycles. The number of benzene rings is 1. The average Bonchev–Trinajstić information content (AvgIpc) is 3.16. The van der Waals surface area contributed by atoms with Crippen LogP contribution in [0.4, 0.5) is 0 Å². The first-order chi connectivity index (χ1) is 12.3. The molecule has 1 N–H and O–H groups in total. The monoisotopic (exact) mass is 340 g/mol. The number of nitrogens with zero attached hydrogens (tertiary/aromatic N) is 3. The average molecular weight is 340 g/mol. The summed E-state index contributed by atoms with van der Waals surface area (Å²) in [6, 6.07) is 13.3. The fourth-order valence-corrected chi connectivity index (χ4v) is 3.74. The van der Waals surface area contributed by atoms with Gasteiger partial charge in [0.25, 0.3) is 5.91 Å². The van der Waals surface area contributed by atoms with Crippen LogP contribution in [0.1, 0.15) is 28.9 Å². The highest BCUT2D eigenvalue weighted by molar-refractivity contribution is 5.92. The number of H-pyrrole nitrogens is 1. The SMILES string of the molecule is O=C(c1ccn[nH]1)N1CC(N(Cc2ccccc2)C2CCOCC2)C1. The lowest BCUT2D eigenvalue weighted by molar-refractivity contribution is -0.0291. The van der Waals surface area contributed by atoms with E-state index in [0.29, 0.717) is 17.8 Å². The number of nitrogens with one attached hydrogen (secondary N) is 1. The van der Waals surface area contributed by atoms with E-state index in [1.807, 2.05) is 4.90 Å². The molecule has 0 radical (unpaired) electrons. The van der Waals surface area contributed by atoms with Crippen molar-refractivity contribution in [2.75, 3.05) is 26.3 Å². The van der Waals surface area contributed by atoms with Crippen LogP contribution in [-0.4, -0.2) is 64.3 Å². The molecule has 2 fully saturated rings. The van der Waals surface area contributed by atoms with Gasteiger partial charge in [-0.3, -0.25) is 14.8 Å². The molecule has 0 unspecified atom stereocenters. The normalized spacial score (nSPS) is 19.2. The fraction of sp³-hybridized carbons (Fsp3) is 0.474. The van der Waals surface area contributed by atoms with Crippen LogP contribution >= 0.6 is 0 Å². The first kappa shape index (κ1) is 16.3. The Kier molecular flexibility index (Phi) is 4.81. The Balaban J connectivity index is 1.43. The van der Waals surface area contributed by atoms with Gasteiger partial charge >= 0.3 is 0 Å². The number of carbonyl (C=O) groups is 1. The summed E-state index contributed by atoms with van der Waals surface area (Å²) in [6.07, 6.45) is 3.75. The lowest BCUT2D eigenvalue weighted by Crippen LogP contribution is -2.63. The van der Waals surface area contributed by atoms with Gasteiger partial charge < -0.3 is 9.64 Å². The fourth-order valence-electron chi connectivity index (χ4n) is 3.74. The van der Waals surface area contributed by atoms with Crippen molar-refractivity contribution in [2.45, 2.75) is 31.5 Å². The number of amides is 1. The molecule has 2 aliphatic heterocycles. The van der Waals surface area contributed by atoms with Crippen molar-refractivity contribution in [1.29, 1.82) is 0 Å². The minimum atomic E-state index is 0.0420. The number of hydrogen-bond donors (Lipinski definition) is 1. The molecule has 2 aromatic rings. The van der Waals surface area contributed by atoms with Crippen LogP contribution in [0.15, 0.2) is 42.6 Å². The largest absolute Gasteiger partial charge is 0.381 e. The third-order valence-electron chi connectivity index (χ3n) is 5.22. The van der Waals surface area contributed by atoms with Gasteiger partial charge in [0.2, 0.25) is 0 Å². The summed E-state index contributed by atoms with van der Waals surface area (Å²) in [7, 11) is 0. The predicted octanol–water partition coefficient (Wildman–Crippen LogP) is 1.92. The number of rotatable bonds is 5. The van der Waals surface area contributed by atoms with Gasteiger partial charge in [-0.1, -0.05) is 30.3 Å². The summed E-state index contributed by atoms with van der Waals surface area (Å²) in [4.78, 5) is 16.9. The molecule has 1 amide bonds. The molecule has 2 aliphatic rings. The summed E-state index contributed by atoms with van der Waals surface area (Å²) in [5, 5.41) is 6.63. The molecule has 4 rings (SSSR count). The molecule has 6 nitrogen and oxygen atoms in total. The molecule has 2 saturated heterocycles. The van der Waals surface area contributed by atoms with Gasteiger partial charge in [0.05, 0.1) is 0 Å². The Bertz CT molecular complexity index is 677. The zero-order valence-electron chi connectivity index (χ0n) is 14.3. The van der Waals surface area contributed by atoms with E-state index in [0.717, 1.165) is 45.7 Å². The number of aromatic nitrogens is 2. The van der Waals surface area contributed by atoms with Crippen molar-refractivity contribution in [3.8, 4) is 0 Å². The zero-order chi connectivity index (χ0) is 17.1. The van der Waals surface area contributed by atoms with E-state index < -0.39 is 0 Å². The van der Waals surface area contributed by atoms with Gasteiger partial charge in [-0.15, -0.1) is 0 Å². The van der Waals surface area contributed by atoms with Crippen LogP contribution in [0.25, 0.3) is 0 Å². The van der Waals surface area contributed by atoms with Crippen LogP contribution in [0.3, 0.4) is 0 Å². The number of aromatic amines is 1. The van der Waals surface area contributed by atoms with Crippen LogP contribution in [-0.2, 0) is 11.3 Å². The second-order valence-electron chi connectivity index (χ2n) is 6.84. The van der Waals surface area contributed by atoms with E-state index in [1.54, 1.807) is 12.3 Å². The Morgan fingerprint density at radius 1 is 1.16 bits per heavy atom. The molecular weight excluding hydrogens is 316 g/mol. The Morgan fingerprint density at radius 3 is 2.60 bits per heavy atom. The third kappa shape index (κ3) is 3.60. The molecule has 0 saturated carbocycles. The molecule has 0 spiro atoms. The summed E-state index contributed by atoms with van der Waals surface area (Å²) >= 11 is 0. The van der Waals surface area contributed by atoms with E-state index in [1.165, 1.54) is 5.56 Å². The Morgan fingerprint density at radius 2 is 1.92 bits per heavy atom. The molecule has 25 heavy (non-hydrogen) atoms. The highest BCUT2D eigenvalue weighted by Gasteiger charge is 2.38. The maximum atomic E-state index is 12.4. The molecular formula is C19H24N4O2. The first-order valence-corrected chi connectivity index (χ1v) is 8.97.